The van der Waals surface area contributed by atoms with Gasteiger partial charge in [-0.1, -0.05) is 48.5 Å². The molecule has 0 saturated carbocycles. The van der Waals surface area contributed by atoms with E-state index in [0.717, 1.165) is 5.56 Å². The van der Waals surface area contributed by atoms with E-state index in [1.54, 1.807) is 36.6 Å². The number of hydrogen-bond acceptors (Lipinski definition) is 3. The maximum absolute atomic E-state index is 13.1. The minimum Gasteiger partial charge on any atom is -0.469 e. The third-order valence-electron chi connectivity index (χ3n) is 3.83. The Kier molecular flexibility index (Phi) is 4.35. The lowest BCUT2D eigenvalue weighted by molar-refractivity contribution is 0.529. The molecule has 3 aromatic rings. The van der Waals surface area contributed by atoms with E-state index in [2.05, 4.69) is 0 Å². The van der Waals surface area contributed by atoms with Gasteiger partial charge in [0.05, 0.1) is 16.4 Å². The summed E-state index contributed by atoms with van der Waals surface area (Å²) < 4.78 is 31.6. The SMILES string of the molecule is Cc1cc(C(Cc2ccccc2)S(=O)(=O)c2ccccc2)co1. The molecule has 1 aromatic heterocycles. The number of aryl methyl sites for hydroxylation is 1. The van der Waals surface area contributed by atoms with Crippen LogP contribution < -0.4 is 0 Å². The third kappa shape index (κ3) is 3.37. The van der Waals surface area contributed by atoms with Crippen molar-refractivity contribution in [3.63, 3.8) is 0 Å². The van der Waals surface area contributed by atoms with Crippen LogP contribution in [0.3, 0.4) is 0 Å². The van der Waals surface area contributed by atoms with E-state index in [4.69, 9.17) is 4.42 Å². The van der Waals surface area contributed by atoms with Crippen molar-refractivity contribution in [3.05, 3.63) is 89.9 Å². The Labute approximate surface area is 136 Å². The van der Waals surface area contributed by atoms with Gasteiger partial charge in [0.15, 0.2) is 9.84 Å². The summed E-state index contributed by atoms with van der Waals surface area (Å²) in [7, 11) is -3.50. The Balaban J connectivity index is 2.05. The predicted molar refractivity (Wildman–Crippen MR) is 90.0 cm³/mol. The van der Waals surface area contributed by atoms with Gasteiger partial charge in [-0.25, -0.2) is 8.42 Å². The molecule has 0 N–H and O–H groups in total. The first-order chi connectivity index (χ1) is 11.1. The second-order valence-electron chi connectivity index (χ2n) is 5.53. The molecule has 3 rings (SSSR count). The molecule has 0 spiro atoms. The lowest BCUT2D eigenvalue weighted by atomic mass is 10.1. The molecule has 0 saturated heterocycles. The molecule has 4 heteroatoms. The molecular formula is C19H18O3S. The maximum Gasteiger partial charge on any atom is 0.185 e. The van der Waals surface area contributed by atoms with Crippen molar-refractivity contribution < 1.29 is 12.8 Å². The average molecular weight is 326 g/mol. The Morgan fingerprint density at radius 3 is 2.13 bits per heavy atom. The highest BCUT2D eigenvalue weighted by Gasteiger charge is 2.30. The van der Waals surface area contributed by atoms with Gasteiger partial charge in [-0.2, -0.15) is 0 Å². The standard InChI is InChI=1S/C19H18O3S/c1-15-12-17(14-22-15)19(13-16-8-4-2-5-9-16)23(20,21)18-10-6-3-7-11-18/h2-12,14,19H,13H2,1H3. The molecule has 23 heavy (non-hydrogen) atoms. The van der Waals surface area contributed by atoms with Gasteiger partial charge in [0.1, 0.15) is 5.76 Å². The molecule has 0 amide bonds. The van der Waals surface area contributed by atoms with Crippen molar-refractivity contribution in [2.75, 3.05) is 0 Å². The summed E-state index contributed by atoms with van der Waals surface area (Å²) in [6.45, 7) is 1.82. The van der Waals surface area contributed by atoms with Crippen LogP contribution in [-0.4, -0.2) is 8.42 Å². The Hall–Kier alpha value is -2.33. The summed E-state index contributed by atoms with van der Waals surface area (Å²) in [5.41, 5.74) is 1.67. The van der Waals surface area contributed by atoms with E-state index in [-0.39, 0.29) is 0 Å². The van der Waals surface area contributed by atoms with Crippen LogP contribution in [0.5, 0.6) is 0 Å². The molecule has 3 nitrogen and oxygen atoms in total. The molecule has 2 aromatic carbocycles. The van der Waals surface area contributed by atoms with Gasteiger partial charge >= 0.3 is 0 Å². The van der Waals surface area contributed by atoms with Crippen molar-refractivity contribution in [3.8, 4) is 0 Å². The molecule has 0 aliphatic rings. The van der Waals surface area contributed by atoms with Crippen LogP contribution >= 0.6 is 0 Å². The molecule has 0 fully saturated rings. The average Bonchev–Trinajstić information content (AvgIpc) is 3.00. The summed E-state index contributed by atoms with van der Waals surface area (Å²) >= 11 is 0. The van der Waals surface area contributed by atoms with Gasteiger partial charge < -0.3 is 4.42 Å². The summed E-state index contributed by atoms with van der Waals surface area (Å²) in [4.78, 5) is 0.333. The monoisotopic (exact) mass is 326 g/mol. The molecular weight excluding hydrogens is 308 g/mol. The number of rotatable bonds is 5. The lowest BCUT2D eigenvalue weighted by Crippen LogP contribution is -2.16. The Bertz CT molecular complexity index is 865. The number of furan rings is 1. The minimum absolute atomic E-state index is 0.333. The van der Waals surface area contributed by atoms with Gasteiger partial charge in [0.25, 0.3) is 0 Å². The fourth-order valence-electron chi connectivity index (χ4n) is 2.64. The summed E-state index contributed by atoms with van der Waals surface area (Å²) in [6, 6.07) is 20.0. The van der Waals surface area contributed by atoms with E-state index in [1.165, 1.54) is 0 Å². The first kappa shape index (κ1) is 15.6. The fraction of sp³-hybridized carbons (Fsp3) is 0.158. The van der Waals surface area contributed by atoms with Gasteiger partial charge in [0.2, 0.25) is 0 Å². The fourth-order valence-corrected chi connectivity index (χ4v) is 4.40. The molecule has 1 unspecified atom stereocenters. The topological polar surface area (TPSA) is 47.3 Å². The highest BCUT2D eigenvalue weighted by Crippen LogP contribution is 2.33. The van der Waals surface area contributed by atoms with Gasteiger partial charge in [-0.05, 0) is 37.1 Å². The smallest absolute Gasteiger partial charge is 0.185 e. The normalized spacial score (nSPS) is 12.9. The Morgan fingerprint density at radius 2 is 1.57 bits per heavy atom. The summed E-state index contributed by atoms with van der Waals surface area (Å²) in [5, 5.41) is -0.662. The predicted octanol–water partition coefficient (Wildman–Crippen LogP) is 4.35. The lowest BCUT2D eigenvalue weighted by Gasteiger charge is -2.16. The zero-order valence-electron chi connectivity index (χ0n) is 12.8. The van der Waals surface area contributed by atoms with E-state index < -0.39 is 15.1 Å². The maximum atomic E-state index is 13.1. The number of sulfone groups is 1. The van der Waals surface area contributed by atoms with Crippen LogP contribution in [0.4, 0.5) is 0 Å². The highest BCUT2D eigenvalue weighted by atomic mass is 32.2. The van der Waals surface area contributed by atoms with Crippen molar-refractivity contribution in [1.82, 2.24) is 0 Å². The summed E-state index contributed by atoms with van der Waals surface area (Å²) in [6.07, 6.45) is 1.96. The first-order valence-electron chi connectivity index (χ1n) is 7.45. The van der Waals surface area contributed by atoms with E-state index in [0.29, 0.717) is 22.6 Å². The molecule has 118 valence electrons. The van der Waals surface area contributed by atoms with Crippen LogP contribution in [0.15, 0.2) is 82.3 Å². The van der Waals surface area contributed by atoms with Crippen molar-refractivity contribution >= 4 is 9.84 Å². The van der Waals surface area contributed by atoms with Crippen LogP contribution in [0.2, 0.25) is 0 Å². The molecule has 0 bridgehead atoms. The van der Waals surface area contributed by atoms with Crippen molar-refractivity contribution in [2.45, 2.75) is 23.5 Å². The second-order valence-corrected chi connectivity index (χ2v) is 7.66. The van der Waals surface area contributed by atoms with E-state index in [1.807, 2.05) is 43.3 Å². The van der Waals surface area contributed by atoms with E-state index >= 15 is 0 Å². The zero-order chi connectivity index (χ0) is 16.3. The highest BCUT2D eigenvalue weighted by molar-refractivity contribution is 7.91. The van der Waals surface area contributed by atoms with Gasteiger partial charge in [0, 0.05) is 5.56 Å². The van der Waals surface area contributed by atoms with Crippen LogP contribution in [-0.2, 0) is 16.3 Å². The Morgan fingerprint density at radius 1 is 0.957 bits per heavy atom. The first-order valence-corrected chi connectivity index (χ1v) is 9.00. The number of benzene rings is 2. The van der Waals surface area contributed by atoms with Crippen LogP contribution in [0, 0.1) is 6.92 Å². The van der Waals surface area contributed by atoms with Crippen LogP contribution in [0.1, 0.15) is 22.1 Å². The molecule has 0 aliphatic carbocycles. The third-order valence-corrected chi connectivity index (χ3v) is 5.95. The second kappa shape index (κ2) is 6.42. The molecule has 0 radical (unpaired) electrons. The quantitative estimate of drug-likeness (QED) is 0.700. The molecule has 1 heterocycles. The van der Waals surface area contributed by atoms with Crippen LogP contribution in [0.25, 0.3) is 0 Å². The summed E-state index contributed by atoms with van der Waals surface area (Å²) in [5.74, 6) is 0.710. The van der Waals surface area contributed by atoms with Crippen molar-refractivity contribution in [2.24, 2.45) is 0 Å². The zero-order valence-corrected chi connectivity index (χ0v) is 13.7. The molecule has 1 atom stereocenters. The van der Waals surface area contributed by atoms with Crippen molar-refractivity contribution in [1.29, 1.82) is 0 Å². The van der Waals surface area contributed by atoms with E-state index in [9.17, 15) is 8.42 Å². The van der Waals surface area contributed by atoms with Gasteiger partial charge in [-0.15, -0.1) is 0 Å². The van der Waals surface area contributed by atoms with Gasteiger partial charge in [-0.3, -0.25) is 0 Å². The number of hydrogen-bond donors (Lipinski definition) is 0. The largest absolute Gasteiger partial charge is 0.469 e. The molecule has 0 aliphatic heterocycles. The minimum atomic E-state index is -3.50.